The summed E-state index contributed by atoms with van der Waals surface area (Å²) in [5, 5.41) is 24.6. The molecule has 0 aliphatic heterocycles. The van der Waals surface area contributed by atoms with Crippen molar-refractivity contribution in [2.45, 2.75) is 51.7 Å². The normalized spacial score (nSPS) is 13.0. The summed E-state index contributed by atoms with van der Waals surface area (Å²) in [6, 6.07) is 6.56. The molecule has 0 aliphatic rings. The third-order valence-electron chi connectivity index (χ3n) is 4.95. The van der Waals surface area contributed by atoms with E-state index in [-0.39, 0.29) is 37.2 Å². The fraction of sp³-hybridized carbons (Fsp3) is 0.500. The van der Waals surface area contributed by atoms with Gasteiger partial charge in [-0.25, -0.2) is 15.1 Å². The Morgan fingerprint density at radius 3 is 2.24 bits per heavy atom. The number of carbonyl (C=O) groups excluding carboxylic acids is 3. The Hall–Kier alpha value is -4.47. The van der Waals surface area contributed by atoms with Crippen LogP contribution in [0.4, 0.5) is 5.69 Å². The molecule has 16 heteroatoms. The van der Waals surface area contributed by atoms with Crippen molar-refractivity contribution in [3.05, 3.63) is 40.4 Å². The van der Waals surface area contributed by atoms with Gasteiger partial charge in [0.2, 0.25) is 11.8 Å². The van der Waals surface area contributed by atoms with Gasteiger partial charge in [0.25, 0.3) is 18.3 Å². The van der Waals surface area contributed by atoms with Gasteiger partial charge < -0.3 is 26.8 Å². The van der Waals surface area contributed by atoms with Gasteiger partial charge in [0.15, 0.2) is 5.03 Å². The number of carbonyl (C=O) groups is 4. The first-order valence-electron chi connectivity index (χ1n) is 11.6. The zero-order valence-electron chi connectivity index (χ0n) is 21.8. The quantitative estimate of drug-likeness (QED) is 0.0354. The summed E-state index contributed by atoms with van der Waals surface area (Å²) < 4.78 is 0. The number of hydrazine groups is 2. The highest BCUT2D eigenvalue weighted by atomic mass is 16.7. The third-order valence-corrected chi connectivity index (χ3v) is 4.95. The van der Waals surface area contributed by atoms with Crippen LogP contribution in [0.3, 0.4) is 0 Å². The second-order valence-electron chi connectivity index (χ2n) is 8.17. The zero-order valence-corrected chi connectivity index (χ0v) is 21.8. The van der Waals surface area contributed by atoms with Gasteiger partial charge in [-0.1, -0.05) is 37.5 Å². The van der Waals surface area contributed by atoms with Crippen LogP contribution >= 0.6 is 0 Å². The van der Waals surface area contributed by atoms with Gasteiger partial charge in [-0.2, -0.15) is 0 Å². The zero-order chi connectivity index (χ0) is 29.1. The van der Waals surface area contributed by atoms with E-state index >= 15 is 0 Å². The lowest BCUT2D eigenvalue weighted by molar-refractivity contribution is -0.525. The molecule has 9 N–H and O–H groups in total. The Balaban J connectivity index is 0.00000434. The van der Waals surface area contributed by atoms with E-state index in [4.69, 9.17) is 15.6 Å². The molecule has 0 bridgehead atoms. The van der Waals surface area contributed by atoms with Crippen LogP contribution < -0.4 is 38.0 Å². The van der Waals surface area contributed by atoms with Gasteiger partial charge in [-0.3, -0.25) is 30.0 Å². The Kier molecular flexibility index (Phi) is 16.5. The number of likely N-dealkylation sites (N-methyl/N-ethyl adjacent to an activating group) is 1. The molecule has 16 nitrogen and oxygen atoms in total. The smallest absolute Gasteiger partial charge is 0.290 e. The first-order valence-corrected chi connectivity index (χ1v) is 11.6. The van der Waals surface area contributed by atoms with Gasteiger partial charge in [-0.15, -0.1) is 0 Å². The summed E-state index contributed by atoms with van der Waals surface area (Å²) in [6.07, 6.45) is 0.453. The molecule has 0 heterocycles. The summed E-state index contributed by atoms with van der Waals surface area (Å²) in [4.78, 5) is 60.7. The maximum absolute atomic E-state index is 13.0. The first-order chi connectivity index (χ1) is 18.0. The van der Waals surface area contributed by atoms with Gasteiger partial charge in [0, 0.05) is 6.54 Å². The number of rotatable bonds is 14. The average Bonchev–Trinajstić information content (AvgIpc) is 2.87. The Labute approximate surface area is 220 Å². The largest absolute Gasteiger partial charge is 0.483 e. The number of nitro groups is 1. The minimum atomic E-state index is -0.974. The highest BCUT2D eigenvalue weighted by Gasteiger charge is 2.29. The van der Waals surface area contributed by atoms with Gasteiger partial charge in [0.1, 0.15) is 12.1 Å². The van der Waals surface area contributed by atoms with Gasteiger partial charge in [0.05, 0.1) is 11.7 Å². The number of nitrogens with two attached hydrogens (primary N) is 1. The topological polar surface area (TPSA) is 242 Å². The summed E-state index contributed by atoms with van der Waals surface area (Å²) in [5.74, 6) is -2.00. The number of nitrogens with zero attached hydrogens (tertiary/aromatic N) is 2. The summed E-state index contributed by atoms with van der Waals surface area (Å²) in [7, 11) is 1.63. The number of nitrogens with one attached hydrogen (secondary N) is 6. The summed E-state index contributed by atoms with van der Waals surface area (Å²) >= 11 is 0. The summed E-state index contributed by atoms with van der Waals surface area (Å²) in [6.45, 7) is 5.05. The molecule has 3 atom stereocenters. The third kappa shape index (κ3) is 14.2. The van der Waals surface area contributed by atoms with E-state index in [2.05, 4.69) is 31.8 Å². The van der Waals surface area contributed by atoms with Crippen molar-refractivity contribution in [2.75, 3.05) is 19.0 Å². The molecule has 0 aromatic heterocycles. The minimum absolute atomic E-state index is 0.0858. The Morgan fingerprint density at radius 2 is 1.71 bits per heavy atom. The van der Waals surface area contributed by atoms with Crippen LogP contribution in [0, 0.1) is 16.0 Å². The minimum Gasteiger partial charge on any atom is -0.483 e. The lowest BCUT2D eigenvalue weighted by Gasteiger charge is -2.26. The van der Waals surface area contributed by atoms with Gasteiger partial charge in [-0.05, 0) is 44.9 Å². The maximum Gasteiger partial charge on any atom is 0.290 e. The first kappa shape index (κ1) is 33.5. The highest BCUT2D eigenvalue weighted by molar-refractivity contribution is 5.93. The van der Waals surface area contributed by atoms with Gasteiger partial charge >= 0.3 is 0 Å². The molecule has 1 aromatic carbocycles. The van der Waals surface area contributed by atoms with Crippen molar-refractivity contribution in [3.63, 3.8) is 0 Å². The predicted octanol–water partition coefficient (Wildman–Crippen LogP) is -1.06. The maximum atomic E-state index is 13.0. The fourth-order valence-corrected chi connectivity index (χ4v) is 2.84. The molecule has 1 aromatic rings. The number of guanidine groups is 1. The van der Waals surface area contributed by atoms with Crippen LogP contribution in [0.1, 0.15) is 33.6 Å². The van der Waals surface area contributed by atoms with Crippen LogP contribution in [0.25, 0.3) is 0 Å². The van der Waals surface area contributed by atoms with Crippen LogP contribution in [-0.4, -0.2) is 72.0 Å². The van der Waals surface area contributed by atoms with Crippen LogP contribution in [0.2, 0.25) is 0 Å². The average molecular weight is 540 g/mol. The molecule has 0 saturated carbocycles. The van der Waals surface area contributed by atoms with Crippen LogP contribution in [0.5, 0.6) is 0 Å². The van der Waals surface area contributed by atoms with Crippen molar-refractivity contribution in [3.8, 4) is 0 Å². The molecule has 0 aliphatic carbocycles. The van der Waals surface area contributed by atoms with Crippen molar-refractivity contribution in [1.29, 1.82) is 0 Å². The Bertz CT molecular complexity index is 929. The highest BCUT2D eigenvalue weighted by Crippen LogP contribution is 2.07. The molecule has 0 fully saturated rings. The van der Waals surface area contributed by atoms with Crippen molar-refractivity contribution >= 4 is 35.8 Å². The van der Waals surface area contributed by atoms with E-state index in [0.717, 1.165) is 0 Å². The van der Waals surface area contributed by atoms with E-state index in [9.17, 15) is 24.5 Å². The predicted molar refractivity (Wildman–Crippen MR) is 140 cm³/mol. The number of para-hydroxylation sites is 1. The SMILES string of the molecule is CN[C@@H](C)C(=O)N[C@H](C(=O)N[C@@H](CCCN=C(N)N[N+](=O)[O-])C(=O)NNc1ccccc1)C(C)C.O=CO. The van der Waals surface area contributed by atoms with Crippen molar-refractivity contribution < 1.29 is 29.3 Å². The molecule has 1 rings (SSSR count). The molecule has 0 radical (unpaired) electrons. The standard InChI is InChI=1S/C21H35N9O5.CH2O2/c1-13(2)17(26-18(31)14(3)23-4)20(33)25-16(11-8-12-24-21(22)29-30(34)35)19(32)28-27-15-9-6-5-7-10-15;2-1-3/h5-7,9-10,13-14,16-17,23,27H,8,11-12H2,1-4H3,(H,25,33)(H,26,31)(H,28,32)(H3,22,24,29);1H,(H,2,3)/t14-,16-,17-;/m0./s1. The monoisotopic (exact) mass is 539 g/mol. The van der Waals surface area contributed by atoms with Crippen LogP contribution in [-0.2, 0) is 19.2 Å². The number of carboxylic acid groups (broad SMARTS) is 1. The van der Waals surface area contributed by atoms with Crippen LogP contribution in [0.15, 0.2) is 35.3 Å². The van der Waals surface area contributed by atoms with E-state index in [0.29, 0.717) is 12.1 Å². The number of anilines is 1. The van der Waals surface area contributed by atoms with E-state index in [1.165, 1.54) is 0 Å². The molecule has 0 saturated heterocycles. The summed E-state index contributed by atoms with van der Waals surface area (Å²) in [5.41, 5.74) is 13.1. The molecule has 0 spiro atoms. The molecular weight excluding hydrogens is 502 g/mol. The Morgan fingerprint density at radius 1 is 1.11 bits per heavy atom. The fourth-order valence-electron chi connectivity index (χ4n) is 2.84. The van der Waals surface area contributed by atoms with Crippen molar-refractivity contribution in [1.82, 2.24) is 26.8 Å². The number of benzene rings is 1. The molecular formula is C22H37N9O7. The molecule has 212 valence electrons. The number of hydrogen-bond acceptors (Lipinski definition) is 9. The number of aliphatic imine (C=N–C) groups is 1. The number of hydrogen-bond donors (Lipinski definition) is 8. The molecule has 0 unspecified atom stereocenters. The van der Waals surface area contributed by atoms with E-state index in [1.807, 2.05) is 6.07 Å². The molecule has 38 heavy (non-hydrogen) atoms. The second kappa shape index (κ2) is 18.8. The van der Waals surface area contributed by atoms with Crippen molar-refractivity contribution in [2.24, 2.45) is 16.6 Å². The second-order valence-corrected chi connectivity index (χ2v) is 8.17. The number of amides is 3. The lowest BCUT2D eigenvalue weighted by Crippen LogP contribution is -2.57. The van der Waals surface area contributed by atoms with E-state index < -0.39 is 35.0 Å². The lowest BCUT2D eigenvalue weighted by atomic mass is 10.0. The molecule has 3 amide bonds. The van der Waals surface area contributed by atoms with E-state index in [1.54, 1.807) is 57.5 Å².